The van der Waals surface area contributed by atoms with Gasteiger partial charge in [-0.1, -0.05) is 40.0 Å². The number of hydrogen-bond acceptors (Lipinski definition) is 2. The molecule has 0 spiro atoms. The Balaban J connectivity index is 2.31. The van der Waals surface area contributed by atoms with Crippen LogP contribution >= 0.6 is 0 Å². The molecule has 1 rings (SSSR count). The Morgan fingerprint density at radius 1 is 1.16 bits per heavy atom. The van der Waals surface area contributed by atoms with E-state index in [1.807, 2.05) is 0 Å². The van der Waals surface area contributed by atoms with Crippen LogP contribution in [-0.2, 0) is 0 Å². The summed E-state index contributed by atoms with van der Waals surface area (Å²) in [6.07, 6.45) is 11.0. The SMILES string of the molecule is CCC(CCN)CCCN(CC(C)C)C1CCCC1. The van der Waals surface area contributed by atoms with Crippen molar-refractivity contribution >= 4 is 0 Å². The van der Waals surface area contributed by atoms with E-state index in [-0.39, 0.29) is 0 Å². The lowest BCUT2D eigenvalue weighted by Crippen LogP contribution is -2.37. The standard InChI is InChI=1S/C17H36N2/c1-4-16(11-12-18)8-7-13-19(14-15(2)3)17-9-5-6-10-17/h15-17H,4-14,18H2,1-3H3. The molecule has 1 fully saturated rings. The zero-order chi connectivity index (χ0) is 14.1. The molecule has 0 radical (unpaired) electrons. The second-order valence-corrected chi connectivity index (χ2v) is 6.82. The minimum atomic E-state index is 0.798. The number of nitrogens with two attached hydrogens (primary N) is 1. The second kappa shape index (κ2) is 9.77. The third-order valence-corrected chi connectivity index (χ3v) is 4.65. The van der Waals surface area contributed by atoms with Gasteiger partial charge in [-0.2, -0.15) is 0 Å². The quantitative estimate of drug-likeness (QED) is 0.648. The molecule has 1 unspecified atom stereocenters. The molecule has 0 saturated heterocycles. The van der Waals surface area contributed by atoms with Crippen molar-refractivity contribution in [3.05, 3.63) is 0 Å². The molecule has 1 saturated carbocycles. The zero-order valence-electron chi connectivity index (χ0n) is 13.5. The Morgan fingerprint density at radius 2 is 1.84 bits per heavy atom. The molecule has 0 aromatic heterocycles. The van der Waals surface area contributed by atoms with E-state index in [2.05, 4.69) is 25.7 Å². The predicted molar refractivity (Wildman–Crippen MR) is 85.4 cm³/mol. The number of rotatable bonds is 10. The molecule has 19 heavy (non-hydrogen) atoms. The molecule has 0 aliphatic heterocycles. The third-order valence-electron chi connectivity index (χ3n) is 4.65. The highest BCUT2D eigenvalue weighted by molar-refractivity contribution is 4.78. The second-order valence-electron chi connectivity index (χ2n) is 6.82. The molecule has 0 aromatic rings. The molecule has 0 bridgehead atoms. The molecule has 1 atom stereocenters. The normalized spacial score (nSPS) is 18.6. The molecule has 2 heteroatoms. The number of nitrogens with zero attached hydrogens (tertiary/aromatic N) is 1. The first-order valence-corrected chi connectivity index (χ1v) is 8.61. The summed E-state index contributed by atoms with van der Waals surface area (Å²) in [6, 6.07) is 0.886. The van der Waals surface area contributed by atoms with Gasteiger partial charge >= 0.3 is 0 Å². The van der Waals surface area contributed by atoms with Crippen LogP contribution in [0.1, 0.15) is 72.1 Å². The predicted octanol–water partition coefficient (Wildman–Crippen LogP) is 4.04. The van der Waals surface area contributed by atoms with Crippen molar-refractivity contribution in [3.63, 3.8) is 0 Å². The van der Waals surface area contributed by atoms with Crippen molar-refractivity contribution in [2.75, 3.05) is 19.6 Å². The summed E-state index contributed by atoms with van der Waals surface area (Å²) in [5.74, 6) is 1.65. The molecule has 2 nitrogen and oxygen atoms in total. The lowest BCUT2D eigenvalue weighted by atomic mass is 9.96. The van der Waals surface area contributed by atoms with Gasteiger partial charge in [0.05, 0.1) is 0 Å². The van der Waals surface area contributed by atoms with Crippen LogP contribution < -0.4 is 5.73 Å². The maximum absolute atomic E-state index is 5.69. The maximum Gasteiger partial charge on any atom is 0.00953 e. The van der Waals surface area contributed by atoms with Gasteiger partial charge in [0, 0.05) is 12.6 Å². The van der Waals surface area contributed by atoms with Gasteiger partial charge in [-0.15, -0.1) is 0 Å². The molecule has 1 aliphatic rings. The first kappa shape index (κ1) is 17.0. The molecule has 0 heterocycles. The van der Waals surface area contributed by atoms with Gasteiger partial charge in [-0.05, 0) is 57.0 Å². The van der Waals surface area contributed by atoms with Crippen LogP contribution in [0, 0.1) is 11.8 Å². The van der Waals surface area contributed by atoms with E-state index in [0.29, 0.717) is 0 Å². The summed E-state index contributed by atoms with van der Waals surface area (Å²) in [5.41, 5.74) is 5.69. The van der Waals surface area contributed by atoms with Crippen molar-refractivity contribution < 1.29 is 0 Å². The molecular weight excluding hydrogens is 232 g/mol. The lowest BCUT2D eigenvalue weighted by molar-refractivity contribution is 0.170. The van der Waals surface area contributed by atoms with E-state index >= 15 is 0 Å². The Bertz CT molecular complexity index is 209. The van der Waals surface area contributed by atoms with Gasteiger partial charge < -0.3 is 10.6 Å². The molecule has 2 N–H and O–H groups in total. The summed E-state index contributed by atoms with van der Waals surface area (Å²) < 4.78 is 0. The van der Waals surface area contributed by atoms with Crippen molar-refractivity contribution in [1.29, 1.82) is 0 Å². The Hall–Kier alpha value is -0.0800. The Kier molecular flexibility index (Phi) is 8.72. The van der Waals surface area contributed by atoms with E-state index in [9.17, 15) is 0 Å². The van der Waals surface area contributed by atoms with Gasteiger partial charge in [0.15, 0.2) is 0 Å². The van der Waals surface area contributed by atoms with Crippen LogP contribution in [0.2, 0.25) is 0 Å². The van der Waals surface area contributed by atoms with Crippen molar-refractivity contribution in [2.45, 2.75) is 78.2 Å². The molecule has 0 aromatic carbocycles. The van der Waals surface area contributed by atoms with Crippen LogP contribution in [0.15, 0.2) is 0 Å². The largest absolute Gasteiger partial charge is 0.330 e. The van der Waals surface area contributed by atoms with Crippen LogP contribution in [-0.4, -0.2) is 30.6 Å². The van der Waals surface area contributed by atoms with Crippen LogP contribution in [0.4, 0.5) is 0 Å². The van der Waals surface area contributed by atoms with Crippen LogP contribution in [0.25, 0.3) is 0 Å². The minimum absolute atomic E-state index is 0.798. The average molecular weight is 268 g/mol. The average Bonchev–Trinajstić information content (AvgIpc) is 2.89. The highest BCUT2D eigenvalue weighted by Gasteiger charge is 2.22. The molecule has 1 aliphatic carbocycles. The minimum Gasteiger partial charge on any atom is -0.330 e. The highest BCUT2D eigenvalue weighted by Crippen LogP contribution is 2.25. The molecular formula is C17H36N2. The van der Waals surface area contributed by atoms with Gasteiger partial charge in [0.1, 0.15) is 0 Å². The fourth-order valence-corrected chi connectivity index (χ4v) is 3.53. The van der Waals surface area contributed by atoms with E-state index in [4.69, 9.17) is 5.73 Å². The van der Waals surface area contributed by atoms with E-state index in [1.165, 1.54) is 64.5 Å². The van der Waals surface area contributed by atoms with E-state index < -0.39 is 0 Å². The maximum atomic E-state index is 5.69. The van der Waals surface area contributed by atoms with Crippen molar-refractivity contribution in [1.82, 2.24) is 4.90 Å². The van der Waals surface area contributed by atoms with E-state index in [1.54, 1.807) is 0 Å². The van der Waals surface area contributed by atoms with Gasteiger partial charge in [0.2, 0.25) is 0 Å². The third kappa shape index (κ3) is 6.76. The van der Waals surface area contributed by atoms with Crippen LogP contribution in [0.5, 0.6) is 0 Å². The van der Waals surface area contributed by atoms with Crippen LogP contribution in [0.3, 0.4) is 0 Å². The number of hydrogen-bond donors (Lipinski definition) is 1. The molecule has 114 valence electrons. The fourth-order valence-electron chi connectivity index (χ4n) is 3.53. The van der Waals surface area contributed by atoms with Gasteiger partial charge in [0.25, 0.3) is 0 Å². The first-order chi connectivity index (χ1) is 9.17. The van der Waals surface area contributed by atoms with Crippen molar-refractivity contribution in [2.24, 2.45) is 17.6 Å². The van der Waals surface area contributed by atoms with E-state index in [0.717, 1.165) is 24.4 Å². The summed E-state index contributed by atoms with van der Waals surface area (Å²) in [7, 11) is 0. The Morgan fingerprint density at radius 3 is 2.37 bits per heavy atom. The van der Waals surface area contributed by atoms with Gasteiger partial charge in [-0.3, -0.25) is 0 Å². The fraction of sp³-hybridized carbons (Fsp3) is 1.00. The topological polar surface area (TPSA) is 29.3 Å². The summed E-state index contributed by atoms with van der Waals surface area (Å²) >= 11 is 0. The monoisotopic (exact) mass is 268 g/mol. The summed E-state index contributed by atoms with van der Waals surface area (Å²) in [4.78, 5) is 2.78. The smallest absolute Gasteiger partial charge is 0.00953 e. The Labute approximate surface area is 121 Å². The first-order valence-electron chi connectivity index (χ1n) is 8.61. The summed E-state index contributed by atoms with van der Waals surface area (Å²) in [6.45, 7) is 10.5. The van der Waals surface area contributed by atoms with Gasteiger partial charge in [-0.25, -0.2) is 0 Å². The zero-order valence-corrected chi connectivity index (χ0v) is 13.5. The lowest BCUT2D eigenvalue weighted by Gasteiger charge is -2.31. The molecule has 0 amide bonds. The van der Waals surface area contributed by atoms with Crippen molar-refractivity contribution in [3.8, 4) is 0 Å². The summed E-state index contributed by atoms with van der Waals surface area (Å²) in [5, 5.41) is 0. The highest BCUT2D eigenvalue weighted by atomic mass is 15.2.